The first kappa shape index (κ1) is 16.1. The van der Waals surface area contributed by atoms with Crippen molar-refractivity contribution < 1.29 is 9.53 Å². The molecule has 1 aromatic rings. The van der Waals surface area contributed by atoms with Crippen LogP contribution in [0.2, 0.25) is 0 Å². The fourth-order valence-electron chi connectivity index (χ4n) is 3.56. The van der Waals surface area contributed by atoms with Gasteiger partial charge in [-0.2, -0.15) is 0 Å². The molecule has 4 nitrogen and oxygen atoms in total. The summed E-state index contributed by atoms with van der Waals surface area (Å²) in [6.45, 7) is 3.64. The number of para-hydroxylation sites is 1. The molecule has 0 saturated carbocycles. The Balaban J connectivity index is 1.66. The van der Waals surface area contributed by atoms with E-state index in [-0.39, 0.29) is 5.91 Å². The van der Waals surface area contributed by atoms with Crippen molar-refractivity contribution in [1.82, 2.24) is 9.80 Å². The van der Waals surface area contributed by atoms with Gasteiger partial charge in [-0.3, -0.25) is 9.69 Å². The maximum Gasteiger partial charge on any atom is 0.257 e. The fourth-order valence-corrected chi connectivity index (χ4v) is 3.56. The van der Waals surface area contributed by atoms with Crippen LogP contribution >= 0.6 is 0 Å². The second-order valence-electron chi connectivity index (χ2n) is 6.31. The zero-order chi connectivity index (χ0) is 16.1. The molecular weight excluding hydrogens is 288 g/mol. The molecule has 4 heteroatoms. The summed E-state index contributed by atoms with van der Waals surface area (Å²) in [6.07, 6.45) is 9.42. The van der Waals surface area contributed by atoms with Crippen molar-refractivity contribution in [2.75, 3.05) is 33.3 Å². The normalized spacial score (nSPS) is 22.7. The number of nitrogens with zero attached hydrogens (tertiary/aromatic N) is 2. The summed E-state index contributed by atoms with van der Waals surface area (Å²) in [4.78, 5) is 17.3. The molecule has 1 saturated heterocycles. The van der Waals surface area contributed by atoms with E-state index in [2.05, 4.69) is 17.1 Å². The molecule has 1 fully saturated rings. The molecule has 1 amide bonds. The van der Waals surface area contributed by atoms with E-state index < -0.39 is 0 Å². The van der Waals surface area contributed by atoms with Crippen LogP contribution in [0, 0.1) is 0 Å². The van der Waals surface area contributed by atoms with Crippen molar-refractivity contribution in [3.05, 3.63) is 42.0 Å². The third-order valence-electron chi connectivity index (χ3n) is 4.85. The molecule has 2 aliphatic rings. The van der Waals surface area contributed by atoms with Crippen LogP contribution in [-0.4, -0.2) is 55.0 Å². The molecule has 0 aromatic heterocycles. The SMILES string of the molecule is COc1ccccc1C(=O)N1CCCN([C@@H]2C=CCCC2)CC1. The summed E-state index contributed by atoms with van der Waals surface area (Å²) >= 11 is 0. The minimum absolute atomic E-state index is 0.0866. The second-order valence-corrected chi connectivity index (χ2v) is 6.31. The van der Waals surface area contributed by atoms with Crippen LogP contribution in [0.4, 0.5) is 0 Å². The van der Waals surface area contributed by atoms with E-state index in [0.29, 0.717) is 17.4 Å². The fraction of sp³-hybridized carbons (Fsp3) is 0.526. The van der Waals surface area contributed by atoms with Crippen LogP contribution < -0.4 is 4.74 Å². The quantitative estimate of drug-likeness (QED) is 0.804. The number of carbonyl (C=O) groups is 1. The lowest BCUT2D eigenvalue weighted by Gasteiger charge is -2.30. The number of hydrogen-bond donors (Lipinski definition) is 0. The highest BCUT2D eigenvalue weighted by atomic mass is 16.5. The van der Waals surface area contributed by atoms with Crippen LogP contribution in [0.25, 0.3) is 0 Å². The standard InChI is InChI=1S/C19H26N2O2/c1-23-18-11-6-5-10-17(18)19(22)21-13-7-12-20(14-15-21)16-8-3-2-4-9-16/h3,5-6,8,10-11,16H,2,4,7,9,12-15H2,1H3/t16-/m1/s1. The smallest absolute Gasteiger partial charge is 0.257 e. The molecule has 0 bridgehead atoms. The lowest BCUT2D eigenvalue weighted by atomic mass is 10.0. The number of hydrogen-bond acceptors (Lipinski definition) is 3. The molecule has 1 aliphatic carbocycles. The summed E-state index contributed by atoms with van der Waals surface area (Å²) in [5.41, 5.74) is 0.668. The maximum absolute atomic E-state index is 12.8. The number of allylic oxidation sites excluding steroid dienone is 1. The van der Waals surface area contributed by atoms with E-state index >= 15 is 0 Å². The summed E-state index contributed by atoms with van der Waals surface area (Å²) < 4.78 is 5.34. The van der Waals surface area contributed by atoms with Gasteiger partial charge in [0.25, 0.3) is 5.91 Å². The van der Waals surface area contributed by atoms with Gasteiger partial charge in [0.2, 0.25) is 0 Å². The number of rotatable bonds is 3. The van der Waals surface area contributed by atoms with E-state index in [1.807, 2.05) is 29.2 Å². The maximum atomic E-state index is 12.8. The third kappa shape index (κ3) is 3.75. The predicted octanol–water partition coefficient (Wildman–Crippen LogP) is 2.95. The summed E-state index contributed by atoms with van der Waals surface area (Å²) in [7, 11) is 1.62. The predicted molar refractivity (Wildman–Crippen MR) is 91.9 cm³/mol. The highest BCUT2D eigenvalue weighted by Crippen LogP contribution is 2.22. The largest absolute Gasteiger partial charge is 0.496 e. The Bertz CT molecular complexity index is 570. The molecule has 3 rings (SSSR count). The van der Waals surface area contributed by atoms with Crippen molar-refractivity contribution in [1.29, 1.82) is 0 Å². The molecule has 0 radical (unpaired) electrons. The van der Waals surface area contributed by atoms with E-state index in [1.165, 1.54) is 19.3 Å². The number of benzene rings is 1. The highest BCUT2D eigenvalue weighted by molar-refractivity contribution is 5.97. The molecule has 1 aliphatic heterocycles. The van der Waals surface area contributed by atoms with Crippen LogP contribution in [0.15, 0.2) is 36.4 Å². The van der Waals surface area contributed by atoms with Gasteiger partial charge in [0.15, 0.2) is 0 Å². The Hall–Kier alpha value is -1.81. The molecule has 1 heterocycles. The number of ether oxygens (including phenoxy) is 1. The van der Waals surface area contributed by atoms with Crippen LogP contribution in [0.5, 0.6) is 5.75 Å². The van der Waals surface area contributed by atoms with Gasteiger partial charge in [0.05, 0.1) is 12.7 Å². The first-order chi connectivity index (χ1) is 11.3. The van der Waals surface area contributed by atoms with Gasteiger partial charge in [-0.1, -0.05) is 24.3 Å². The summed E-state index contributed by atoms with van der Waals surface area (Å²) in [5, 5.41) is 0. The average Bonchev–Trinajstić information content (AvgIpc) is 2.88. The van der Waals surface area contributed by atoms with Gasteiger partial charge in [-0.15, -0.1) is 0 Å². The Morgan fingerprint density at radius 1 is 1.13 bits per heavy atom. The van der Waals surface area contributed by atoms with E-state index in [4.69, 9.17) is 4.74 Å². The highest BCUT2D eigenvalue weighted by Gasteiger charge is 2.25. The molecule has 23 heavy (non-hydrogen) atoms. The van der Waals surface area contributed by atoms with Crippen LogP contribution in [0.3, 0.4) is 0 Å². The zero-order valence-electron chi connectivity index (χ0n) is 13.9. The number of amides is 1. The van der Waals surface area contributed by atoms with Gasteiger partial charge in [0, 0.05) is 32.2 Å². The van der Waals surface area contributed by atoms with Crippen molar-refractivity contribution in [3.63, 3.8) is 0 Å². The van der Waals surface area contributed by atoms with Gasteiger partial charge in [0.1, 0.15) is 5.75 Å². The van der Waals surface area contributed by atoms with Crippen molar-refractivity contribution in [2.24, 2.45) is 0 Å². The zero-order valence-corrected chi connectivity index (χ0v) is 13.9. The van der Waals surface area contributed by atoms with Crippen LogP contribution in [-0.2, 0) is 0 Å². The van der Waals surface area contributed by atoms with E-state index in [1.54, 1.807) is 7.11 Å². The molecule has 1 atom stereocenters. The van der Waals surface area contributed by atoms with Crippen molar-refractivity contribution in [3.8, 4) is 5.75 Å². The monoisotopic (exact) mass is 314 g/mol. The van der Waals surface area contributed by atoms with Gasteiger partial charge < -0.3 is 9.64 Å². The third-order valence-corrected chi connectivity index (χ3v) is 4.85. The topological polar surface area (TPSA) is 32.8 Å². The molecule has 1 aromatic carbocycles. The Kier molecular flexibility index (Phi) is 5.34. The Labute approximate surface area is 138 Å². The molecule has 0 spiro atoms. The number of methoxy groups -OCH3 is 1. The van der Waals surface area contributed by atoms with E-state index in [0.717, 1.165) is 32.6 Å². The van der Waals surface area contributed by atoms with E-state index in [9.17, 15) is 4.79 Å². The Morgan fingerprint density at radius 3 is 2.78 bits per heavy atom. The molecular formula is C19H26N2O2. The lowest BCUT2D eigenvalue weighted by molar-refractivity contribution is 0.0756. The molecule has 124 valence electrons. The molecule has 0 N–H and O–H groups in total. The van der Waals surface area contributed by atoms with Gasteiger partial charge in [-0.05, 0) is 37.8 Å². The van der Waals surface area contributed by atoms with Gasteiger partial charge in [-0.25, -0.2) is 0 Å². The van der Waals surface area contributed by atoms with Crippen molar-refractivity contribution in [2.45, 2.75) is 31.7 Å². The summed E-state index contributed by atoms with van der Waals surface area (Å²) in [5.74, 6) is 0.748. The molecule has 0 unspecified atom stereocenters. The number of carbonyl (C=O) groups excluding carboxylic acids is 1. The first-order valence-corrected chi connectivity index (χ1v) is 8.62. The minimum atomic E-state index is 0.0866. The minimum Gasteiger partial charge on any atom is -0.496 e. The average molecular weight is 314 g/mol. The lowest BCUT2D eigenvalue weighted by Crippen LogP contribution is -2.39. The van der Waals surface area contributed by atoms with Gasteiger partial charge >= 0.3 is 0 Å². The van der Waals surface area contributed by atoms with Crippen LogP contribution in [0.1, 0.15) is 36.0 Å². The second kappa shape index (κ2) is 7.64. The van der Waals surface area contributed by atoms with Crippen molar-refractivity contribution >= 4 is 5.91 Å². The summed E-state index contributed by atoms with van der Waals surface area (Å²) in [6, 6.07) is 8.06. The Morgan fingerprint density at radius 2 is 2.00 bits per heavy atom. The first-order valence-electron chi connectivity index (χ1n) is 8.62.